The number of amides is 1. The lowest BCUT2D eigenvalue weighted by Gasteiger charge is -2.40. The first-order valence-electron chi connectivity index (χ1n) is 10.9. The number of anilines is 1. The third-order valence-corrected chi connectivity index (χ3v) is 6.33. The van der Waals surface area contributed by atoms with Gasteiger partial charge in [0, 0.05) is 24.2 Å². The van der Waals surface area contributed by atoms with Gasteiger partial charge in [0.2, 0.25) is 0 Å². The highest BCUT2D eigenvalue weighted by Gasteiger charge is 2.34. The molecule has 0 bridgehead atoms. The maximum atomic E-state index is 14.2. The Hall–Kier alpha value is -3.53. The Balaban J connectivity index is 1.42. The van der Waals surface area contributed by atoms with Crippen LogP contribution >= 0.6 is 11.6 Å². The molecule has 0 unspecified atom stereocenters. The predicted molar refractivity (Wildman–Crippen MR) is 122 cm³/mol. The van der Waals surface area contributed by atoms with Crippen LogP contribution in [0, 0.1) is 17.6 Å². The van der Waals surface area contributed by atoms with E-state index in [1.54, 1.807) is 23.1 Å². The Morgan fingerprint density at radius 1 is 1.21 bits per heavy atom. The van der Waals surface area contributed by atoms with Gasteiger partial charge in [-0.2, -0.15) is 20.0 Å². The summed E-state index contributed by atoms with van der Waals surface area (Å²) in [4.78, 5) is 20.8. The standard InChI is InChI=1S/C23H21ClF2N6O2/c1-13-3-2-8-31(20(13)12-27-23-30-18-9-14(24)4-5-21(18)34-23)22(33)15-10-16(25)17(26)11-19(15)32-28-6-7-29-32/h4-7,9-11,13,20H,2-3,8,12H2,1H3,(H,27,30)/t13-,20-/m1/s1. The van der Waals surface area contributed by atoms with Gasteiger partial charge < -0.3 is 14.6 Å². The second kappa shape index (κ2) is 9.02. The molecule has 8 nitrogen and oxygen atoms in total. The van der Waals surface area contributed by atoms with Crippen LogP contribution in [0.25, 0.3) is 16.8 Å². The fourth-order valence-corrected chi connectivity index (χ4v) is 4.51. The van der Waals surface area contributed by atoms with Crippen LogP contribution in [0.3, 0.4) is 0 Å². The monoisotopic (exact) mass is 486 g/mol. The molecule has 1 aliphatic rings. The largest absolute Gasteiger partial charge is 0.424 e. The first-order valence-corrected chi connectivity index (χ1v) is 11.2. The summed E-state index contributed by atoms with van der Waals surface area (Å²) >= 11 is 6.02. The number of likely N-dealkylation sites (tertiary alicyclic amines) is 1. The predicted octanol–water partition coefficient (Wildman–Crippen LogP) is 4.69. The zero-order chi connectivity index (χ0) is 23.8. The molecular weight excluding hydrogens is 466 g/mol. The van der Waals surface area contributed by atoms with E-state index in [0.29, 0.717) is 35.2 Å². The van der Waals surface area contributed by atoms with E-state index >= 15 is 0 Å². The molecule has 2 atom stereocenters. The fourth-order valence-electron chi connectivity index (χ4n) is 4.35. The summed E-state index contributed by atoms with van der Waals surface area (Å²) in [5.41, 5.74) is 1.29. The van der Waals surface area contributed by atoms with Gasteiger partial charge >= 0.3 is 0 Å². The van der Waals surface area contributed by atoms with Gasteiger partial charge in [0.25, 0.3) is 11.9 Å². The van der Waals surface area contributed by atoms with Crippen molar-refractivity contribution in [2.24, 2.45) is 5.92 Å². The number of carbonyl (C=O) groups excluding carboxylic acids is 1. The summed E-state index contributed by atoms with van der Waals surface area (Å²) < 4.78 is 33.9. The number of nitrogens with one attached hydrogen (secondary N) is 1. The quantitative estimate of drug-likeness (QED) is 0.440. The van der Waals surface area contributed by atoms with E-state index in [1.807, 2.05) is 0 Å². The molecule has 176 valence electrons. The van der Waals surface area contributed by atoms with Crippen LogP contribution in [0.4, 0.5) is 14.8 Å². The summed E-state index contributed by atoms with van der Waals surface area (Å²) in [5.74, 6) is -2.45. The lowest BCUT2D eigenvalue weighted by atomic mass is 9.90. The maximum Gasteiger partial charge on any atom is 0.295 e. The molecule has 1 amide bonds. The van der Waals surface area contributed by atoms with Crippen molar-refractivity contribution < 1.29 is 18.0 Å². The minimum atomic E-state index is -1.11. The van der Waals surface area contributed by atoms with Crippen LogP contribution in [0.5, 0.6) is 0 Å². The number of rotatable bonds is 5. The topological polar surface area (TPSA) is 89.1 Å². The van der Waals surface area contributed by atoms with Gasteiger partial charge in [0.15, 0.2) is 17.2 Å². The van der Waals surface area contributed by atoms with Gasteiger partial charge in [0.1, 0.15) is 11.2 Å². The molecule has 1 N–H and O–H groups in total. The number of hydrogen-bond acceptors (Lipinski definition) is 6. The van der Waals surface area contributed by atoms with E-state index < -0.39 is 17.5 Å². The summed E-state index contributed by atoms with van der Waals surface area (Å²) in [5, 5.41) is 11.7. The molecule has 11 heteroatoms. The van der Waals surface area contributed by atoms with Gasteiger partial charge in [-0.15, -0.1) is 0 Å². The SMILES string of the molecule is C[C@@H]1CCCN(C(=O)c2cc(F)c(F)cc2-n2nccn2)[C@@H]1CNc1nc2cc(Cl)ccc2o1. The smallest absolute Gasteiger partial charge is 0.295 e. The van der Waals surface area contributed by atoms with E-state index in [9.17, 15) is 13.6 Å². The number of halogens is 3. The minimum absolute atomic E-state index is 0.00861. The fraction of sp³-hybridized carbons (Fsp3) is 0.304. The number of nitrogens with zero attached hydrogens (tertiary/aromatic N) is 5. The number of oxazole rings is 1. The zero-order valence-electron chi connectivity index (χ0n) is 18.2. The minimum Gasteiger partial charge on any atom is -0.424 e. The normalized spacial score (nSPS) is 18.4. The molecule has 4 aromatic rings. The molecule has 1 fully saturated rings. The van der Waals surface area contributed by atoms with Gasteiger partial charge in [-0.25, -0.2) is 8.78 Å². The molecule has 0 aliphatic carbocycles. The number of benzene rings is 2. The molecule has 34 heavy (non-hydrogen) atoms. The second-order valence-corrected chi connectivity index (χ2v) is 8.74. The third-order valence-electron chi connectivity index (χ3n) is 6.09. The lowest BCUT2D eigenvalue weighted by molar-refractivity contribution is 0.0538. The van der Waals surface area contributed by atoms with Crippen molar-refractivity contribution in [2.45, 2.75) is 25.8 Å². The van der Waals surface area contributed by atoms with Crippen LogP contribution in [0.15, 0.2) is 47.1 Å². The molecule has 0 spiro atoms. The number of aromatic nitrogens is 4. The molecule has 3 heterocycles. The van der Waals surface area contributed by atoms with Crippen LogP contribution in [-0.4, -0.2) is 49.9 Å². The van der Waals surface area contributed by atoms with Gasteiger partial charge in [0.05, 0.1) is 24.0 Å². The average molecular weight is 487 g/mol. The molecule has 0 saturated carbocycles. The zero-order valence-corrected chi connectivity index (χ0v) is 19.0. The third kappa shape index (κ3) is 4.21. The summed E-state index contributed by atoms with van der Waals surface area (Å²) in [6.45, 7) is 2.90. The van der Waals surface area contributed by atoms with E-state index in [2.05, 4.69) is 27.4 Å². The first-order chi connectivity index (χ1) is 16.4. The Morgan fingerprint density at radius 2 is 1.97 bits per heavy atom. The van der Waals surface area contributed by atoms with E-state index in [-0.39, 0.29) is 23.2 Å². The van der Waals surface area contributed by atoms with Crippen molar-refractivity contribution in [1.82, 2.24) is 24.9 Å². The van der Waals surface area contributed by atoms with Crippen molar-refractivity contribution in [2.75, 3.05) is 18.4 Å². The lowest BCUT2D eigenvalue weighted by Crippen LogP contribution is -2.51. The number of carbonyl (C=O) groups is 1. The number of piperidine rings is 1. The van der Waals surface area contributed by atoms with Gasteiger partial charge in [-0.05, 0) is 43.0 Å². The molecule has 0 radical (unpaired) electrons. The molecule has 5 rings (SSSR count). The van der Waals surface area contributed by atoms with Crippen molar-refractivity contribution >= 4 is 34.6 Å². The highest BCUT2D eigenvalue weighted by molar-refractivity contribution is 6.31. The highest BCUT2D eigenvalue weighted by Crippen LogP contribution is 2.29. The van der Waals surface area contributed by atoms with Crippen LogP contribution < -0.4 is 5.32 Å². The van der Waals surface area contributed by atoms with Gasteiger partial charge in [-0.1, -0.05) is 18.5 Å². The number of hydrogen-bond donors (Lipinski definition) is 1. The Bertz CT molecular complexity index is 1340. The van der Waals surface area contributed by atoms with Crippen LogP contribution in [0.1, 0.15) is 30.1 Å². The molecule has 1 aliphatic heterocycles. The summed E-state index contributed by atoms with van der Waals surface area (Å²) in [7, 11) is 0. The second-order valence-electron chi connectivity index (χ2n) is 8.30. The Labute approximate surface area is 198 Å². The van der Waals surface area contributed by atoms with E-state index in [0.717, 1.165) is 29.8 Å². The molecule has 1 saturated heterocycles. The van der Waals surface area contributed by atoms with Crippen LogP contribution in [-0.2, 0) is 0 Å². The summed E-state index contributed by atoms with van der Waals surface area (Å²) in [6.07, 6.45) is 4.52. The Kier molecular flexibility index (Phi) is 5.91. The van der Waals surface area contributed by atoms with Crippen molar-refractivity contribution in [3.05, 3.63) is 64.9 Å². The van der Waals surface area contributed by atoms with E-state index in [1.165, 1.54) is 12.4 Å². The summed E-state index contributed by atoms with van der Waals surface area (Å²) in [6, 6.07) is 7.10. The van der Waals surface area contributed by atoms with Crippen LogP contribution in [0.2, 0.25) is 5.02 Å². The molecule has 2 aromatic heterocycles. The maximum absolute atomic E-state index is 14.2. The average Bonchev–Trinajstić information content (AvgIpc) is 3.49. The number of fused-ring (bicyclic) bond motifs is 1. The van der Waals surface area contributed by atoms with Gasteiger partial charge in [-0.3, -0.25) is 4.79 Å². The van der Waals surface area contributed by atoms with Crippen molar-refractivity contribution in [3.63, 3.8) is 0 Å². The molecule has 2 aromatic carbocycles. The first kappa shape index (κ1) is 22.3. The van der Waals surface area contributed by atoms with Crippen molar-refractivity contribution in [1.29, 1.82) is 0 Å². The Morgan fingerprint density at radius 3 is 2.76 bits per heavy atom. The van der Waals surface area contributed by atoms with Crippen molar-refractivity contribution in [3.8, 4) is 5.69 Å². The van der Waals surface area contributed by atoms with E-state index in [4.69, 9.17) is 16.0 Å². The highest BCUT2D eigenvalue weighted by atomic mass is 35.5. The molecular formula is C23H21ClF2N6O2.